The smallest absolute Gasteiger partial charge is 0.0849 e. The minimum Gasteiger partial charge on any atom is -0.284 e. The molecule has 1 heterocycles. The summed E-state index contributed by atoms with van der Waals surface area (Å²) in [5, 5.41) is 0. The Morgan fingerprint density at radius 3 is 2.14 bits per heavy atom. The van der Waals surface area contributed by atoms with Crippen molar-refractivity contribution in [1.82, 2.24) is 4.98 Å². The van der Waals surface area contributed by atoms with Gasteiger partial charge in [-0.1, -0.05) is 43.0 Å². The number of hydrogen-bond donors (Lipinski definition) is 0. The Morgan fingerprint density at radius 1 is 0.931 bits per heavy atom. The van der Waals surface area contributed by atoms with Crippen molar-refractivity contribution in [1.29, 1.82) is 0 Å². The van der Waals surface area contributed by atoms with E-state index in [0.29, 0.717) is 6.04 Å². The van der Waals surface area contributed by atoms with Crippen LogP contribution in [0, 0.1) is 26.7 Å². The minimum atomic E-state index is 0.369. The Labute approximate surface area is 176 Å². The lowest BCUT2D eigenvalue weighted by atomic mass is 9.85. The molecule has 154 valence electrons. The summed E-state index contributed by atoms with van der Waals surface area (Å²) in [4.78, 5) is 14.8. The summed E-state index contributed by atoms with van der Waals surface area (Å²) in [7, 11) is 0. The van der Waals surface area contributed by atoms with Crippen molar-refractivity contribution in [2.45, 2.75) is 79.7 Å². The van der Waals surface area contributed by atoms with Gasteiger partial charge in [-0.05, 0) is 83.6 Å². The van der Waals surface area contributed by atoms with Crippen molar-refractivity contribution in [2.75, 3.05) is 0 Å². The van der Waals surface area contributed by atoms with Crippen LogP contribution in [0.25, 0.3) is 0 Å². The van der Waals surface area contributed by atoms with E-state index in [-0.39, 0.29) is 0 Å². The maximum atomic E-state index is 5.01. The largest absolute Gasteiger partial charge is 0.284 e. The number of pyridine rings is 1. The molecule has 1 saturated carbocycles. The Bertz CT molecular complexity index is 894. The van der Waals surface area contributed by atoms with E-state index in [1.807, 2.05) is 13.0 Å². The van der Waals surface area contributed by atoms with Crippen LogP contribution in [0.15, 0.2) is 40.3 Å². The third-order valence-corrected chi connectivity index (χ3v) is 6.13. The summed E-state index contributed by atoms with van der Waals surface area (Å²) in [5.41, 5.74) is 8.58. The van der Waals surface area contributed by atoms with E-state index in [9.17, 15) is 0 Å². The molecule has 0 radical (unpaired) electrons. The van der Waals surface area contributed by atoms with Crippen molar-refractivity contribution < 1.29 is 0 Å². The van der Waals surface area contributed by atoms with E-state index in [4.69, 9.17) is 15.0 Å². The molecule has 0 unspecified atom stereocenters. The molecule has 3 nitrogen and oxygen atoms in total. The molecule has 0 spiro atoms. The fourth-order valence-electron chi connectivity index (χ4n) is 4.51. The normalized spacial score (nSPS) is 17.4. The van der Waals surface area contributed by atoms with Gasteiger partial charge in [0.05, 0.1) is 34.5 Å². The number of rotatable bonds is 5. The predicted octanol–water partition coefficient (Wildman–Crippen LogP) is 6.93. The standard InChI is InChI=1S/C26H35N3/c1-17-15-18(2)26(19(3)16-17)28-22(6)25-14-10-13-24(29-25)21(5)27-20(4)23-11-8-7-9-12-23/h10,13-16,20,23H,7-9,11-12H2,1-6H3/t20-/m0/s1. The quantitative estimate of drug-likeness (QED) is 0.511. The van der Waals surface area contributed by atoms with Crippen LogP contribution in [-0.2, 0) is 0 Å². The van der Waals surface area contributed by atoms with E-state index in [2.05, 4.69) is 58.9 Å². The zero-order valence-electron chi connectivity index (χ0n) is 18.9. The van der Waals surface area contributed by atoms with E-state index in [1.165, 1.54) is 48.8 Å². The minimum absolute atomic E-state index is 0.369. The van der Waals surface area contributed by atoms with Gasteiger partial charge < -0.3 is 0 Å². The molecule has 29 heavy (non-hydrogen) atoms. The molecule has 1 aliphatic rings. The van der Waals surface area contributed by atoms with Crippen LogP contribution in [0.2, 0.25) is 0 Å². The first-order valence-electron chi connectivity index (χ1n) is 11.0. The Hall–Kier alpha value is -2.29. The summed E-state index contributed by atoms with van der Waals surface area (Å²) in [5.74, 6) is 0.720. The van der Waals surface area contributed by atoms with E-state index in [1.54, 1.807) is 0 Å². The van der Waals surface area contributed by atoms with Gasteiger partial charge in [0.25, 0.3) is 0 Å². The molecule has 3 rings (SSSR count). The van der Waals surface area contributed by atoms with Gasteiger partial charge in [-0.25, -0.2) is 4.98 Å². The Morgan fingerprint density at radius 2 is 1.52 bits per heavy atom. The number of benzene rings is 1. The molecule has 1 aromatic heterocycles. The highest BCUT2D eigenvalue weighted by Gasteiger charge is 2.19. The van der Waals surface area contributed by atoms with Crippen molar-refractivity contribution in [2.24, 2.45) is 15.9 Å². The van der Waals surface area contributed by atoms with Crippen LogP contribution in [0.5, 0.6) is 0 Å². The number of aromatic nitrogens is 1. The lowest BCUT2D eigenvalue weighted by Crippen LogP contribution is -2.20. The maximum absolute atomic E-state index is 5.01. The van der Waals surface area contributed by atoms with Gasteiger partial charge in [-0.15, -0.1) is 0 Å². The van der Waals surface area contributed by atoms with Crippen molar-refractivity contribution in [3.8, 4) is 0 Å². The van der Waals surface area contributed by atoms with Gasteiger partial charge in [-0.3, -0.25) is 9.98 Å². The Kier molecular flexibility index (Phi) is 7.00. The predicted molar refractivity (Wildman–Crippen MR) is 125 cm³/mol. The molecular weight excluding hydrogens is 354 g/mol. The van der Waals surface area contributed by atoms with Crippen LogP contribution in [0.3, 0.4) is 0 Å². The van der Waals surface area contributed by atoms with E-state index < -0.39 is 0 Å². The second-order valence-electron chi connectivity index (χ2n) is 8.71. The second-order valence-corrected chi connectivity index (χ2v) is 8.71. The molecule has 1 atom stereocenters. The summed E-state index contributed by atoms with van der Waals surface area (Å²) in [6.45, 7) is 12.8. The second kappa shape index (κ2) is 9.47. The zero-order chi connectivity index (χ0) is 21.0. The van der Waals surface area contributed by atoms with E-state index in [0.717, 1.165) is 34.4 Å². The van der Waals surface area contributed by atoms with Crippen LogP contribution < -0.4 is 0 Å². The first kappa shape index (κ1) is 21.4. The topological polar surface area (TPSA) is 37.6 Å². The molecule has 3 heteroatoms. The highest BCUT2D eigenvalue weighted by molar-refractivity contribution is 6.01. The molecule has 0 amide bonds. The third-order valence-electron chi connectivity index (χ3n) is 6.13. The molecule has 0 bridgehead atoms. The molecule has 0 N–H and O–H groups in total. The van der Waals surface area contributed by atoms with Gasteiger partial charge in [0.15, 0.2) is 0 Å². The summed E-state index contributed by atoms with van der Waals surface area (Å²) in [6, 6.07) is 10.9. The maximum Gasteiger partial charge on any atom is 0.0849 e. The van der Waals surface area contributed by atoms with Gasteiger partial charge in [0.2, 0.25) is 0 Å². The summed E-state index contributed by atoms with van der Waals surface area (Å²) >= 11 is 0. The third kappa shape index (κ3) is 5.41. The lowest BCUT2D eigenvalue weighted by Gasteiger charge is -2.25. The van der Waals surface area contributed by atoms with Crippen LogP contribution in [0.1, 0.15) is 81.0 Å². The van der Waals surface area contributed by atoms with Gasteiger partial charge in [0.1, 0.15) is 0 Å². The van der Waals surface area contributed by atoms with Crippen molar-refractivity contribution in [3.63, 3.8) is 0 Å². The fourth-order valence-corrected chi connectivity index (χ4v) is 4.51. The molecule has 0 aliphatic heterocycles. The number of hydrogen-bond acceptors (Lipinski definition) is 3. The Balaban J connectivity index is 1.84. The molecule has 0 saturated heterocycles. The monoisotopic (exact) mass is 389 g/mol. The number of aliphatic imine (C=N–C) groups is 2. The van der Waals surface area contributed by atoms with Crippen LogP contribution in [0.4, 0.5) is 5.69 Å². The molecule has 1 fully saturated rings. The van der Waals surface area contributed by atoms with Gasteiger partial charge >= 0.3 is 0 Å². The van der Waals surface area contributed by atoms with Crippen molar-refractivity contribution in [3.05, 3.63) is 58.4 Å². The molecule has 1 aromatic carbocycles. The number of aryl methyl sites for hydroxylation is 3. The average molecular weight is 390 g/mol. The van der Waals surface area contributed by atoms with Crippen molar-refractivity contribution >= 4 is 17.1 Å². The summed E-state index contributed by atoms with van der Waals surface area (Å²) < 4.78 is 0. The first-order chi connectivity index (χ1) is 13.8. The van der Waals surface area contributed by atoms with E-state index >= 15 is 0 Å². The average Bonchev–Trinajstić information content (AvgIpc) is 2.71. The van der Waals surface area contributed by atoms with Crippen LogP contribution >= 0.6 is 0 Å². The van der Waals surface area contributed by atoms with Crippen LogP contribution in [-0.4, -0.2) is 22.4 Å². The first-order valence-corrected chi connectivity index (χ1v) is 11.0. The SMILES string of the molecule is CC(=Nc1c(C)cc(C)cc1C)c1cccc(C(C)=N[C@@H](C)C2CCCCC2)n1. The van der Waals surface area contributed by atoms with Gasteiger partial charge in [-0.2, -0.15) is 0 Å². The van der Waals surface area contributed by atoms with Gasteiger partial charge in [0, 0.05) is 0 Å². The molecular formula is C26H35N3. The fraction of sp³-hybridized carbons (Fsp3) is 0.500. The highest BCUT2D eigenvalue weighted by Crippen LogP contribution is 2.28. The molecule has 2 aromatic rings. The number of nitrogens with zero attached hydrogens (tertiary/aromatic N) is 3. The zero-order valence-corrected chi connectivity index (χ0v) is 18.9. The molecule has 1 aliphatic carbocycles. The summed E-state index contributed by atoms with van der Waals surface area (Å²) in [6.07, 6.45) is 6.71. The lowest BCUT2D eigenvalue weighted by molar-refractivity contribution is 0.318. The highest BCUT2D eigenvalue weighted by atomic mass is 14.9.